The Hall–Kier alpha value is -2.60. The summed E-state index contributed by atoms with van der Waals surface area (Å²) in [5, 5.41) is 13.0. The zero-order valence-electron chi connectivity index (χ0n) is 9.67. The van der Waals surface area contributed by atoms with Crippen LogP contribution >= 0.6 is 0 Å². The molecule has 0 aliphatic carbocycles. The Morgan fingerprint density at radius 3 is 2.61 bits per heavy atom. The van der Waals surface area contributed by atoms with E-state index in [4.69, 9.17) is 5.26 Å². The molecule has 0 saturated carbocycles. The molecule has 1 aliphatic rings. The number of hydrogen-bond donors (Lipinski definition) is 1. The molecule has 86 valence electrons. The molecular weight excluding hydrogens is 222 g/mol. The van der Waals surface area contributed by atoms with Crippen LogP contribution in [0, 0.1) is 11.3 Å². The quantitative estimate of drug-likeness (QED) is 0.823. The molecule has 0 saturated heterocycles. The molecule has 3 nitrogen and oxygen atoms in total. The lowest BCUT2D eigenvalue weighted by Gasteiger charge is -2.22. The van der Waals surface area contributed by atoms with Crippen LogP contribution in [0.4, 0.5) is 0 Å². The third-order valence-corrected chi connectivity index (χ3v) is 3.09. The highest BCUT2D eigenvalue weighted by atomic mass is 15.3. The predicted octanol–water partition coefficient (Wildman–Crippen LogP) is 2.58. The largest absolute Gasteiger partial charge is 0.298 e. The highest BCUT2D eigenvalue weighted by molar-refractivity contribution is 5.83. The minimum absolute atomic E-state index is 0.0546. The second-order valence-electron chi connectivity index (χ2n) is 4.18. The van der Waals surface area contributed by atoms with Gasteiger partial charge in [-0.2, -0.15) is 10.4 Å². The molecule has 2 aromatic carbocycles. The molecule has 0 spiro atoms. The molecule has 0 radical (unpaired) electrons. The third-order valence-electron chi connectivity index (χ3n) is 3.09. The number of hydrazone groups is 1. The molecule has 0 amide bonds. The maximum absolute atomic E-state index is 8.81. The molecule has 1 unspecified atom stereocenters. The molecule has 1 N–H and O–H groups in total. The highest BCUT2D eigenvalue weighted by Gasteiger charge is 2.18. The molecule has 1 aliphatic heterocycles. The van der Waals surface area contributed by atoms with Crippen LogP contribution in [0.5, 0.6) is 0 Å². The number of hydrogen-bond acceptors (Lipinski definition) is 3. The maximum Gasteiger partial charge on any atom is 0.0991 e. The topological polar surface area (TPSA) is 48.2 Å². The van der Waals surface area contributed by atoms with Crippen LogP contribution in [0.2, 0.25) is 0 Å². The fraction of sp³-hybridized carbons (Fsp3) is 0.0667. The van der Waals surface area contributed by atoms with E-state index in [2.05, 4.69) is 28.7 Å². The number of benzene rings is 2. The normalized spacial score (nSPS) is 16.5. The number of nitriles is 1. The average molecular weight is 233 g/mol. The lowest BCUT2D eigenvalue weighted by Crippen LogP contribution is -2.22. The molecule has 0 aromatic heterocycles. The smallest absolute Gasteiger partial charge is 0.0991 e. The first-order valence-corrected chi connectivity index (χ1v) is 5.76. The Bertz CT molecular complexity index is 636. The standard InChI is InChI=1S/C15H11N3/c16-9-11-5-7-12(8-6-11)15-14-4-2-1-3-13(14)10-17-18-15/h1-8,10,15,18H. The van der Waals surface area contributed by atoms with Crippen molar-refractivity contribution >= 4 is 6.21 Å². The predicted molar refractivity (Wildman–Crippen MR) is 70.2 cm³/mol. The first-order chi connectivity index (χ1) is 8.88. The zero-order chi connectivity index (χ0) is 12.4. The summed E-state index contributed by atoms with van der Waals surface area (Å²) in [5.41, 5.74) is 7.23. The van der Waals surface area contributed by atoms with Crippen molar-refractivity contribution in [3.05, 3.63) is 70.8 Å². The molecule has 18 heavy (non-hydrogen) atoms. The maximum atomic E-state index is 8.81. The van der Waals surface area contributed by atoms with Crippen molar-refractivity contribution in [2.45, 2.75) is 6.04 Å². The van der Waals surface area contributed by atoms with E-state index in [0.717, 1.165) is 11.1 Å². The first-order valence-electron chi connectivity index (χ1n) is 5.76. The number of rotatable bonds is 1. The van der Waals surface area contributed by atoms with Crippen molar-refractivity contribution in [3.63, 3.8) is 0 Å². The van der Waals surface area contributed by atoms with Crippen molar-refractivity contribution in [3.8, 4) is 6.07 Å². The van der Waals surface area contributed by atoms with E-state index in [1.165, 1.54) is 5.56 Å². The Kier molecular flexibility index (Phi) is 2.54. The van der Waals surface area contributed by atoms with E-state index >= 15 is 0 Å². The van der Waals surface area contributed by atoms with Crippen molar-refractivity contribution in [2.24, 2.45) is 5.10 Å². The van der Waals surface area contributed by atoms with E-state index < -0.39 is 0 Å². The van der Waals surface area contributed by atoms with E-state index in [9.17, 15) is 0 Å². The lowest BCUT2D eigenvalue weighted by molar-refractivity contribution is 0.632. The van der Waals surface area contributed by atoms with E-state index in [1.54, 1.807) is 0 Å². The van der Waals surface area contributed by atoms with Crippen LogP contribution in [0.3, 0.4) is 0 Å². The van der Waals surface area contributed by atoms with Gasteiger partial charge in [-0.1, -0.05) is 36.4 Å². The highest BCUT2D eigenvalue weighted by Crippen LogP contribution is 2.26. The van der Waals surface area contributed by atoms with E-state index in [1.807, 2.05) is 42.6 Å². The fourth-order valence-electron chi connectivity index (χ4n) is 2.15. The summed E-state index contributed by atoms with van der Waals surface area (Å²) in [6, 6.07) is 18.0. The minimum atomic E-state index is 0.0546. The molecule has 2 aromatic rings. The van der Waals surface area contributed by atoms with Crippen LogP contribution in [0.25, 0.3) is 0 Å². The fourth-order valence-corrected chi connectivity index (χ4v) is 2.15. The molecule has 1 heterocycles. The molecule has 1 atom stereocenters. The van der Waals surface area contributed by atoms with Crippen molar-refractivity contribution in [2.75, 3.05) is 0 Å². The van der Waals surface area contributed by atoms with Gasteiger partial charge in [-0.15, -0.1) is 0 Å². The number of fused-ring (bicyclic) bond motifs is 1. The second-order valence-corrected chi connectivity index (χ2v) is 4.18. The summed E-state index contributed by atoms with van der Waals surface area (Å²) >= 11 is 0. The summed E-state index contributed by atoms with van der Waals surface area (Å²) in [5.74, 6) is 0. The van der Waals surface area contributed by atoms with Gasteiger partial charge < -0.3 is 0 Å². The lowest BCUT2D eigenvalue weighted by atomic mass is 9.94. The number of nitrogens with zero attached hydrogens (tertiary/aromatic N) is 2. The molecule has 0 fully saturated rings. The van der Waals surface area contributed by atoms with Crippen LogP contribution in [0.15, 0.2) is 53.6 Å². The number of nitrogens with one attached hydrogen (secondary N) is 1. The van der Waals surface area contributed by atoms with Crippen molar-refractivity contribution in [1.82, 2.24) is 5.43 Å². The van der Waals surface area contributed by atoms with Gasteiger partial charge in [0.15, 0.2) is 0 Å². The Morgan fingerprint density at radius 1 is 1.06 bits per heavy atom. The molecular formula is C15H11N3. The minimum Gasteiger partial charge on any atom is -0.298 e. The third kappa shape index (κ3) is 1.74. The Balaban J connectivity index is 2.03. The van der Waals surface area contributed by atoms with Gasteiger partial charge in [0, 0.05) is 5.56 Å². The summed E-state index contributed by atoms with van der Waals surface area (Å²) in [6.45, 7) is 0. The summed E-state index contributed by atoms with van der Waals surface area (Å²) in [6.07, 6.45) is 1.83. The van der Waals surface area contributed by atoms with Crippen molar-refractivity contribution < 1.29 is 0 Å². The van der Waals surface area contributed by atoms with Crippen LogP contribution < -0.4 is 5.43 Å². The van der Waals surface area contributed by atoms with Gasteiger partial charge in [-0.05, 0) is 23.3 Å². The van der Waals surface area contributed by atoms with Gasteiger partial charge in [-0.3, -0.25) is 5.43 Å². The van der Waals surface area contributed by atoms with Crippen molar-refractivity contribution in [1.29, 1.82) is 5.26 Å². The van der Waals surface area contributed by atoms with Gasteiger partial charge in [0.05, 0.1) is 23.9 Å². The van der Waals surface area contributed by atoms with Gasteiger partial charge in [-0.25, -0.2) is 0 Å². The monoisotopic (exact) mass is 233 g/mol. The van der Waals surface area contributed by atoms with Gasteiger partial charge in [0.2, 0.25) is 0 Å². The molecule has 0 bridgehead atoms. The van der Waals surface area contributed by atoms with Crippen LogP contribution in [-0.4, -0.2) is 6.21 Å². The Labute approximate surface area is 105 Å². The van der Waals surface area contributed by atoms with E-state index in [-0.39, 0.29) is 6.04 Å². The zero-order valence-corrected chi connectivity index (χ0v) is 9.67. The Morgan fingerprint density at radius 2 is 1.83 bits per heavy atom. The molecule has 3 rings (SSSR count). The summed E-state index contributed by atoms with van der Waals surface area (Å²) in [7, 11) is 0. The van der Waals surface area contributed by atoms with Gasteiger partial charge >= 0.3 is 0 Å². The van der Waals surface area contributed by atoms with Crippen LogP contribution in [-0.2, 0) is 0 Å². The SMILES string of the molecule is N#Cc1ccc(C2NN=Cc3ccccc32)cc1. The van der Waals surface area contributed by atoms with E-state index in [0.29, 0.717) is 5.56 Å². The second kappa shape index (κ2) is 4.34. The van der Waals surface area contributed by atoms with Crippen LogP contribution in [0.1, 0.15) is 28.3 Å². The first kappa shape index (κ1) is 10.5. The van der Waals surface area contributed by atoms with Gasteiger partial charge in [0.25, 0.3) is 0 Å². The summed E-state index contributed by atoms with van der Waals surface area (Å²) in [4.78, 5) is 0. The molecule has 3 heteroatoms. The summed E-state index contributed by atoms with van der Waals surface area (Å²) < 4.78 is 0. The average Bonchev–Trinajstić information content (AvgIpc) is 2.47. The van der Waals surface area contributed by atoms with Gasteiger partial charge in [0.1, 0.15) is 0 Å².